The Kier molecular flexibility index (Phi) is 7.44. The smallest absolute Gasteiger partial charge is 0.276 e. The highest BCUT2D eigenvalue weighted by atomic mass is 35.5. The highest BCUT2D eigenvalue weighted by Crippen LogP contribution is 2.36. The van der Waals surface area contributed by atoms with Crippen LogP contribution < -0.4 is 10.2 Å². The Morgan fingerprint density at radius 2 is 1.90 bits per heavy atom. The zero-order valence-corrected chi connectivity index (χ0v) is 21.3. The number of alkyl halides is 2. The predicted octanol–water partition coefficient (Wildman–Crippen LogP) is 4.42. The number of nitrogens with one attached hydrogen (secondary N) is 1. The number of hydrogen-bond donors (Lipinski definition) is 2. The molecule has 0 bridgehead atoms. The lowest BCUT2D eigenvalue weighted by molar-refractivity contribution is 0.101. The molecule has 14 heteroatoms. The van der Waals surface area contributed by atoms with Gasteiger partial charge in [0.25, 0.3) is 12.3 Å². The third-order valence-corrected chi connectivity index (χ3v) is 6.39. The molecule has 5 rings (SSSR count). The van der Waals surface area contributed by atoms with Crippen LogP contribution in [0.15, 0.2) is 43.1 Å². The van der Waals surface area contributed by atoms with Gasteiger partial charge in [0.15, 0.2) is 11.5 Å². The van der Waals surface area contributed by atoms with Crippen LogP contribution >= 0.6 is 11.6 Å². The summed E-state index contributed by atoms with van der Waals surface area (Å²) in [5.74, 6) is -1.25. The summed E-state index contributed by atoms with van der Waals surface area (Å²) in [5, 5.41) is 16.6. The van der Waals surface area contributed by atoms with Crippen molar-refractivity contribution in [3.8, 4) is 11.3 Å². The third-order valence-electron chi connectivity index (χ3n) is 6.10. The lowest BCUT2D eigenvalue weighted by atomic mass is 10.0. The Morgan fingerprint density at radius 3 is 2.54 bits per heavy atom. The van der Waals surface area contributed by atoms with Gasteiger partial charge in [0.2, 0.25) is 5.95 Å². The fourth-order valence-corrected chi connectivity index (χ4v) is 4.16. The number of anilines is 2. The van der Waals surface area contributed by atoms with E-state index >= 15 is 0 Å². The summed E-state index contributed by atoms with van der Waals surface area (Å²) < 4.78 is 43.6. The summed E-state index contributed by atoms with van der Waals surface area (Å²) in [4.78, 5) is 32.0. The Morgan fingerprint density at radius 1 is 1.15 bits per heavy atom. The van der Waals surface area contributed by atoms with Gasteiger partial charge >= 0.3 is 0 Å². The molecule has 1 unspecified atom stereocenters. The second kappa shape index (κ2) is 10.9. The van der Waals surface area contributed by atoms with Gasteiger partial charge in [0.05, 0.1) is 47.1 Å². The van der Waals surface area contributed by atoms with Gasteiger partial charge in [-0.25, -0.2) is 28.1 Å². The van der Waals surface area contributed by atoms with Crippen molar-refractivity contribution >= 4 is 29.1 Å². The Bertz CT molecular complexity index is 1510. The van der Waals surface area contributed by atoms with Crippen LogP contribution in [0, 0.1) is 5.82 Å². The Balaban J connectivity index is 1.38. The lowest BCUT2D eigenvalue weighted by Crippen LogP contribution is -2.38. The predicted molar refractivity (Wildman–Crippen MR) is 136 cm³/mol. The van der Waals surface area contributed by atoms with Gasteiger partial charge in [-0.05, 0) is 19.4 Å². The average molecular weight is 559 g/mol. The van der Waals surface area contributed by atoms with Crippen molar-refractivity contribution in [1.82, 2.24) is 29.7 Å². The molecule has 39 heavy (non-hydrogen) atoms. The summed E-state index contributed by atoms with van der Waals surface area (Å²) >= 11 is 5.82. The fourth-order valence-electron chi connectivity index (χ4n) is 4.00. The van der Waals surface area contributed by atoms with E-state index in [4.69, 9.17) is 11.6 Å². The normalized spacial score (nSPS) is 13.9. The maximum absolute atomic E-state index is 14.8. The second-order valence-corrected chi connectivity index (χ2v) is 9.31. The van der Waals surface area contributed by atoms with Gasteiger partial charge in [-0.1, -0.05) is 17.7 Å². The molecule has 4 aromatic rings. The number of benzene rings is 1. The number of nitrogens with zero attached hydrogens (tertiary/aromatic N) is 7. The minimum absolute atomic E-state index is 0.121. The van der Waals surface area contributed by atoms with Crippen LogP contribution in [0.5, 0.6) is 0 Å². The van der Waals surface area contributed by atoms with Crippen molar-refractivity contribution in [2.75, 3.05) is 23.3 Å². The monoisotopic (exact) mass is 558 g/mol. The molecule has 1 amide bonds. The highest BCUT2D eigenvalue weighted by molar-refractivity contribution is 6.31. The number of carbonyl (C=O) groups is 1. The van der Waals surface area contributed by atoms with Crippen molar-refractivity contribution in [1.29, 1.82) is 0 Å². The molecule has 1 saturated heterocycles. The third kappa shape index (κ3) is 5.54. The van der Waals surface area contributed by atoms with Crippen LogP contribution in [0.25, 0.3) is 11.3 Å². The zero-order valence-electron chi connectivity index (χ0n) is 20.5. The minimum atomic E-state index is -3.04. The molecule has 4 heterocycles. The lowest BCUT2D eigenvalue weighted by Gasteiger charge is -2.30. The van der Waals surface area contributed by atoms with Crippen LogP contribution in [-0.4, -0.2) is 53.8 Å². The van der Waals surface area contributed by atoms with Crippen LogP contribution in [-0.2, 0) is 6.54 Å². The van der Waals surface area contributed by atoms with Crippen LogP contribution in [0.3, 0.4) is 0 Å². The molecule has 0 saturated carbocycles. The first kappa shape index (κ1) is 26.5. The van der Waals surface area contributed by atoms with Gasteiger partial charge < -0.3 is 15.3 Å². The second-order valence-electron chi connectivity index (χ2n) is 8.90. The molecular formula is C25H22ClF3N8O2. The molecule has 1 atom stereocenters. The number of hydrogen-bond acceptors (Lipinski definition) is 8. The number of aliphatic hydroxyl groups is 1. The molecule has 1 fully saturated rings. The fraction of sp³-hybridized carbons (Fsp3) is 0.280. The average Bonchev–Trinajstić information content (AvgIpc) is 3.31. The van der Waals surface area contributed by atoms with E-state index in [0.29, 0.717) is 18.2 Å². The summed E-state index contributed by atoms with van der Waals surface area (Å²) in [6, 6.07) is 1.99. The molecule has 1 aliphatic heterocycles. The largest absolute Gasteiger partial charge is 0.387 e. The molecule has 2 N–H and O–H groups in total. The molecule has 0 aliphatic carbocycles. The van der Waals surface area contributed by atoms with Crippen molar-refractivity contribution in [2.45, 2.75) is 32.4 Å². The van der Waals surface area contributed by atoms with E-state index in [1.807, 2.05) is 0 Å². The number of carbonyl (C=O) groups excluding carboxylic acids is 1. The van der Waals surface area contributed by atoms with Crippen molar-refractivity contribution in [2.24, 2.45) is 0 Å². The quantitative estimate of drug-likeness (QED) is 0.326. The van der Waals surface area contributed by atoms with E-state index in [0.717, 1.165) is 43.4 Å². The maximum atomic E-state index is 14.8. The molecule has 202 valence electrons. The molecule has 10 nitrogen and oxygen atoms in total. The topological polar surface area (TPSA) is 122 Å². The molecule has 1 aromatic carbocycles. The summed E-state index contributed by atoms with van der Waals surface area (Å²) in [6.45, 7) is 3.58. The van der Waals surface area contributed by atoms with E-state index in [9.17, 15) is 23.1 Å². The number of aromatic nitrogens is 6. The van der Waals surface area contributed by atoms with E-state index in [-0.39, 0.29) is 17.1 Å². The van der Waals surface area contributed by atoms with E-state index in [1.165, 1.54) is 13.1 Å². The summed E-state index contributed by atoms with van der Waals surface area (Å²) in [5.41, 5.74) is -0.972. The molecule has 0 radical (unpaired) electrons. The van der Waals surface area contributed by atoms with E-state index in [1.54, 1.807) is 23.3 Å². The first-order chi connectivity index (χ1) is 18.7. The first-order valence-corrected chi connectivity index (χ1v) is 12.3. The van der Waals surface area contributed by atoms with Crippen molar-refractivity contribution in [3.05, 3.63) is 76.5 Å². The molecule has 3 aromatic heterocycles. The SMILES string of the molecule is CC(O)c1ncc(-c2c(C(F)F)ccc(Cl)c2F)nc1C(=O)Nc1cnn(Cc2cnc(N3CCC3)nc2)c1. The van der Waals surface area contributed by atoms with Gasteiger partial charge in [0, 0.05) is 48.4 Å². The highest BCUT2D eigenvalue weighted by Gasteiger charge is 2.25. The van der Waals surface area contributed by atoms with Gasteiger partial charge in [-0.15, -0.1) is 0 Å². The first-order valence-electron chi connectivity index (χ1n) is 11.9. The van der Waals surface area contributed by atoms with E-state index < -0.39 is 40.4 Å². The van der Waals surface area contributed by atoms with Gasteiger partial charge in [-0.2, -0.15) is 5.10 Å². The number of halogens is 4. The van der Waals surface area contributed by atoms with Gasteiger partial charge in [-0.3, -0.25) is 14.5 Å². The molecular weight excluding hydrogens is 537 g/mol. The standard InChI is InChI=1S/C25H22ClF3N8O2/c1-13(38)21-22(35-18(10-30-21)19-16(23(28)29)3-4-17(26)20(19)27)24(39)34-15-9-33-37(12-15)11-14-7-31-25(32-8-14)36-5-2-6-36/h3-4,7-10,12-13,23,38H,2,5-6,11H2,1H3,(H,34,39). The van der Waals surface area contributed by atoms with Gasteiger partial charge in [0.1, 0.15) is 0 Å². The summed E-state index contributed by atoms with van der Waals surface area (Å²) in [7, 11) is 0. The minimum Gasteiger partial charge on any atom is -0.387 e. The van der Waals surface area contributed by atoms with Crippen LogP contribution in [0.2, 0.25) is 5.02 Å². The number of rotatable bonds is 8. The number of aliphatic hydroxyl groups excluding tert-OH is 1. The number of amides is 1. The van der Waals surface area contributed by atoms with Crippen LogP contribution in [0.1, 0.15) is 53.2 Å². The zero-order chi connectivity index (χ0) is 27.7. The van der Waals surface area contributed by atoms with E-state index in [2.05, 4.69) is 35.3 Å². The van der Waals surface area contributed by atoms with Crippen molar-refractivity contribution in [3.63, 3.8) is 0 Å². The molecule has 0 spiro atoms. The summed E-state index contributed by atoms with van der Waals surface area (Å²) in [6.07, 6.45) is 4.24. The Labute approximate surface area is 225 Å². The maximum Gasteiger partial charge on any atom is 0.276 e. The van der Waals surface area contributed by atoms with Crippen molar-refractivity contribution < 1.29 is 23.1 Å². The van der Waals surface area contributed by atoms with Crippen LogP contribution in [0.4, 0.5) is 24.8 Å². The Hall–Kier alpha value is -4.10. The molecule has 1 aliphatic rings.